The van der Waals surface area contributed by atoms with Crippen LogP contribution in [-0.2, 0) is 9.53 Å². The van der Waals surface area contributed by atoms with Crippen LogP contribution in [0.15, 0.2) is 36.5 Å². The Morgan fingerprint density at radius 1 is 1.24 bits per heavy atom. The van der Waals surface area contributed by atoms with Gasteiger partial charge in [-0.05, 0) is 37.5 Å². The highest BCUT2D eigenvalue weighted by Gasteiger charge is 2.16. The molecule has 2 aromatic rings. The average molecular weight is 345 g/mol. The van der Waals surface area contributed by atoms with Crippen molar-refractivity contribution in [1.29, 1.82) is 0 Å². The van der Waals surface area contributed by atoms with E-state index in [1.165, 1.54) is 16.9 Å². The van der Waals surface area contributed by atoms with Crippen LogP contribution in [0.3, 0.4) is 0 Å². The number of carbonyl (C=O) groups is 2. The third kappa shape index (κ3) is 5.15. The molecule has 1 aromatic carbocycles. The Morgan fingerprint density at radius 3 is 2.60 bits per heavy atom. The molecule has 1 unspecified atom stereocenters. The summed E-state index contributed by atoms with van der Waals surface area (Å²) in [4.78, 5) is 23.3. The van der Waals surface area contributed by atoms with Gasteiger partial charge >= 0.3 is 5.97 Å². The second kappa shape index (κ2) is 8.43. The molecule has 1 amide bonds. The third-order valence-electron chi connectivity index (χ3n) is 3.65. The summed E-state index contributed by atoms with van der Waals surface area (Å²) >= 11 is 0. The highest BCUT2D eigenvalue weighted by molar-refractivity contribution is 5.95. The maximum Gasteiger partial charge on any atom is 0.356 e. The third-order valence-corrected chi connectivity index (χ3v) is 3.65. The molecule has 0 saturated carbocycles. The van der Waals surface area contributed by atoms with E-state index in [1.54, 1.807) is 31.2 Å². The molecule has 7 heteroatoms. The normalized spacial score (nSPS) is 12.2. The number of ether oxygens (including phenoxy) is 1. The van der Waals surface area contributed by atoms with Crippen LogP contribution in [0.4, 0.5) is 5.69 Å². The Balaban J connectivity index is 2.09. The van der Waals surface area contributed by atoms with Gasteiger partial charge in [0, 0.05) is 12.8 Å². The molecule has 0 aliphatic carbocycles. The number of carboxylic acids is 1. The molecule has 0 bridgehead atoms. The monoisotopic (exact) mass is 345 g/mol. The number of carboxylic acid groups (broad SMARTS) is 1. The Labute approximate surface area is 146 Å². The number of para-hydroxylation sites is 2. The zero-order chi connectivity index (χ0) is 18.4. The minimum atomic E-state index is -1.10. The molecule has 0 aliphatic heterocycles. The minimum absolute atomic E-state index is 0.0634. The molecular weight excluding hydrogens is 322 g/mol. The highest BCUT2D eigenvalue weighted by atomic mass is 16.5. The van der Waals surface area contributed by atoms with Gasteiger partial charge in [-0.25, -0.2) is 9.48 Å². The Kier molecular flexibility index (Phi) is 6.30. The fourth-order valence-electron chi connectivity index (χ4n) is 2.14. The predicted octanol–water partition coefficient (Wildman–Crippen LogP) is 2.96. The van der Waals surface area contributed by atoms with Crippen molar-refractivity contribution in [3.8, 4) is 5.69 Å². The van der Waals surface area contributed by atoms with Gasteiger partial charge in [-0.3, -0.25) is 4.79 Å². The summed E-state index contributed by atoms with van der Waals surface area (Å²) in [5.41, 5.74) is 1.05. The molecule has 1 heterocycles. The van der Waals surface area contributed by atoms with Crippen LogP contribution < -0.4 is 5.32 Å². The number of benzene rings is 1. The zero-order valence-electron chi connectivity index (χ0n) is 14.6. The van der Waals surface area contributed by atoms with Gasteiger partial charge < -0.3 is 15.2 Å². The summed E-state index contributed by atoms with van der Waals surface area (Å²) in [5, 5.41) is 15.8. The van der Waals surface area contributed by atoms with Crippen molar-refractivity contribution in [2.45, 2.75) is 33.3 Å². The van der Waals surface area contributed by atoms with E-state index in [1.807, 2.05) is 0 Å². The second-order valence-corrected chi connectivity index (χ2v) is 6.15. The number of carbonyl (C=O) groups excluding carboxylic acids is 1. The molecule has 0 radical (unpaired) electrons. The fourth-order valence-corrected chi connectivity index (χ4v) is 2.14. The van der Waals surface area contributed by atoms with E-state index in [0.717, 1.165) is 6.42 Å². The fraction of sp³-hybridized carbons (Fsp3) is 0.389. The van der Waals surface area contributed by atoms with E-state index in [4.69, 9.17) is 9.84 Å². The summed E-state index contributed by atoms with van der Waals surface area (Å²) in [7, 11) is 0. The van der Waals surface area contributed by atoms with Crippen molar-refractivity contribution in [1.82, 2.24) is 9.78 Å². The summed E-state index contributed by atoms with van der Waals surface area (Å²) in [6.07, 6.45) is 1.84. The molecular formula is C18H23N3O4. The molecule has 2 N–H and O–H groups in total. The van der Waals surface area contributed by atoms with Crippen molar-refractivity contribution < 1.29 is 19.4 Å². The SMILES string of the molecule is CC(C)CCOC(C)C(=O)Nc1ccccc1-n1ccc(C(=O)O)n1. The molecule has 134 valence electrons. The van der Waals surface area contributed by atoms with E-state index in [-0.39, 0.29) is 11.6 Å². The van der Waals surface area contributed by atoms with Crippen molar-refractivity contribution in [3.63, 3.8) is 0 Å². The number of amides is 1. The van der Waals surface area contributed by atoms with Crippen LogP contribution in [0.2, 0.25) is 0 Å². The molecule has 0 spiro atoms. The van der Waals surface area contributed by atoms with Crippen molar-refractivity contribution in [2.24, 2.45) is 5.92 Å². The molecule has 0 aliphatic rings. The molecule has 2 rings (SSSR count). The van der Waals surface area contributed by atoms with Crippen LogP contribution in [0.5, 0.6) is 0 Å². The van der Waals surface area contributed by atoms with Gasteiger partial charge in [0.1, 0.15) is 6.10 Å². The van der Waals surface area contributed by atoms with Crippen LogP contribution in [0, 0.1) is 5.92 Å². The van der Waals surface area contributed by atoms with E-state index in [9.17, 15) is 9.59 Å². The molecule has 1 aromatic heterocycles. The molecule has 7 nitrogen and oxygen atoms in total. The van der Waals surface area contributed by atoms with Gasteiger partial charge in [0.25, 0.3) is 5.91 Å². The lowest BCUT2D eigenvalue weighted by Gasteiger charge is -2.16. The van der Waals surface area contributed by atoms with Crippen molar-refractivity contribution >= 4 is 17.6 Å². The van der Waals surface area contributed by atoms with Crippen LogP contribution >= 0.6 is 0 Å². The number of rotatable bonds is 8. The lowest BCUT2D eigenvalue weighted by atomic mass is 10.1. The van der Waals surface area contributed by atoms with Gasteiger partial charge in [0.05, 0.1) is 11.4 Å². The van der Waals surface area contributed by atoms with Gasteiger partial charge in [-0.2, -0.15) is 5.10 Å². The maximum absolute atomic E-state index is 12.3. The Bertz CT molecular complexity index is 739. The van der Waals surface area contributed by atoms with E-state index >= 15 is 0 Å². The van der Waals surface area contributed by atoms with E-state index < -0.39 is 12.1 Å². The maximum atomic E-state index is 12.3. The van der Waals surface area contributed by atoms with E-state index in [0.29, 0.717) is 23.9 Å². The number of hydrogen-bond donors (Lipinski definition) is 2. The summed E-state index contributed by atoms with van der Waals surface area (Å²) < 4.78 is 6.98. The van der Waals surface area contributed by atoms with Gasteiger partial charge in [-0.1, -0.05) is 26.0 Å². The standard InChI is InChI=1S/C18H23N3O4/c1-12(2)9-11-25-13(3)17(22)19-14-6-4-5-7-16(14)21-10-8-15(20-21)18(23)24/h4-8,10,12-13H,9,11H2,1-3H3,(H,19,22)(H,23,24). The largest absolute Gasteiger partial charge is 0.476 e. The molecule has 25 heavy (non-hydrogen) atoms. The number of aromatic carboxylic acids is 1. The zero-order valence-corrected chi connectivity index (χ0v) is 14.6. The first-order chi connectivity index (χ1) is 11.9. The predicted molar refractivity (Wildman–Crippen MR) is 94.0 cm³/mol. The number of nitrogens with zero attached hydrogens (tertiary/aromatic N) is 2. The van der Waals surface area contributed by atoms with Gasteiger partial charge in [0.2, 0.25) is 0 Å². The first-order valence-corrected chi connectivity index (χ1v) is 8.19. The number of nitrogens with one attached hydrogen (secondary N) is 1. The average Bonchev–Trinajstić information content (AvgIpc) is 3.05. The Morgan fingerprint density at radius 2 is 1.96 bits per heavy atom. The van der Waals surface area contributed by atoms with Gasteiger partial charge in [-0.15, -0.1) is 0 Å². The number of hydrogen-bond acceptors (Lipinski definition) is 4. The molecule has 0 fully saturated rings. The number of aromatic nitrogens is 2. The van der Waals surface area contributed by atoms with Crippen LogP contribution in [-0.4, -0.2) is 39.5 Å². The quantitative estimate of drug-likeness (QED) is 0.767. The highest BCUT2D eigenvalue weighted by Crippen LogP contribution is 2.20. The lowest BCUT2D eigenvalue weighted by Crippen LogP contribution is -2.28. The first kappa shape index (κ1) is 18.7. The van der Waals surface area contributed by atoms with E-state index in [2.05, 4.69) is 24.3 Å². The summed E-state index contributed by atoms with van der Waals surface area (Å²) in [5.74, 6) is -0.853. The molecule has 0 saturated heterocycles. The lowest BCUT2D eigenvalue weighted by molar-refractivity contribution is -0.126. The molecule has 1 atom stereocenters. The minimum Gasteiger partial charge on any atom is -0.476 e. The second-order valence-electron chi connectivity index (χ2n) is 6.15. The first-order valence-electron chi connectivity index (χ1n) is 8.19. The number of anilines is 1. The summed E-state index contributed by atoms with van der Waals surface area (Å²) in [6, 6.07) is 8.45. The topological polar surface area (TPSA) is 93.5 Å². The summed E-state index contributed by atoms with van der Waals surface area (Å²) in [6.45, 7) is 6.42. The van der Waals surface area contributed by atoms with Crippen LogP contribution in [0.25, 0.3) is 5.69 Å². The van der Waals surface area contributed by atoms with Crippen LogP contribution in [0.1, 0.15) is 37.7 Å². The van der Waals surface area contributed by atoms with Gasteiger partial charge in [0.15, 0.2) is 5.69 Å². The smallest absolute Gasteiger partial charge is 0.356 e. The van der Waals surface area contributed by atoms with Crippen molar-refractivity contribution in [2.75, 3.05) is 11.9 Å². The van der Waals surface area contributed by atoms with Crippen molar-refractivity contribution in [3.05, 3.63) is 42.2 Å². The Hall–Kier alpha value is -2.67.